The number of fused-ring (bicyclic) bond motifs is 1. The SMILES string of the molecule is [2H]c1c(C([2H])([2H])S(=O)(=O)N([2H])C([2H])([2H])[2H])c([2H])c2c(C([2H])([2H])C([2H])([2H])N(C)C)c([2H])n([2H])c2c1[2H]. The summed E-state index contributed by atoms with van der Waals surface area (Å²) in [5.74, 6) is 0. The van der Waals surface area contributed by atoms with Gasteiger partial charge in [0.2, 0.25) is 10.0 Å². The lowest BCUT2D eigenvalue weighted by Crippen LogP contribution is -2.20. The van der Waals surface area contributed by atoms with Crippen LogP contribution in [0.4, 0.5) is 0 Å². The van der Waals surface area contributed by atoms with Gasteiger partial charge >= 0.3 is 0 Å². The second kappa shape index (κ2) is 5.95. The predicted molar refractivity (Wildman–Crippen MR) is 82.2 cm³/mol. The molecule has 20 heavy (non-hydrogen) atoms. The number of sulfonamides is 1. The van der Waals surface area contributed by atoms with Crippen molar-refractivity contribution in [3.05, 3.63) is 35.4 Å². The molecule has 110 valence electrons. The van der Waals surface area contributed by atoms with Gasteiger partial charge in [-0.25, -0.2) is 13.1 Å². The van der Waals surface area contributed by atoms with Crippen LogP contribution in [0.3, 0.4) is 0 Å². The number of nitrogens with zero attached hydrogens (tertiary/aromatic N) is 1. The highest BCUT2D eigenvalue weighted by Gasteiger charge is 2.11. The summed E-state index contributed by atoms with van der Waals surface area (Å²) in [5.41, 5.74) is -7.13. The third-order valence-corrected chi connectivity index (χ3v) is 2.78. The van der Waals surface area contributed by atoms with Gasteiger partial charge in [0.25, 0.3) is 0 Å². The maximum atomic E-state index is 12.7. The number of hydrogen-bond acceptors (Lipinski definition) is 3. The molecule has 0 bridgehead atoms. The van der Waals surface area contributed by atoms with Gasteiger partial charge in [0.1, 0.15) is 1.41 Å². The van der Waals surface area contributed by atoms with Crippen molar-refractivity contribution in [1.29, 1.82) is 0 Å². The van der Waals surface area contributed by atoms with Crippen molar-refractivity contribution in [2.24, 2.45) is 0 Å². The summed E-state index contributed by atoms with van der Waals surface area (Å²) < 4.78 is 143. The molecular weight excluding hydrogens is 274 g/mol. The van der Waals surface area contributed by atoms with Crippen molar-refractivity contribution < 1.29 is 29.1 Å². The van der Waals surface area contributed by atoms with E-state index >= 15 is 0 Å². The van der Waals surface area contributed by atoms with E-state index in [2.05, 4.69) is 0 Å². The summed E-state index contributed by atoms with van der Waals surface area (Å²) in [5, 5.41) is -0.874. The number of aromatic nitrogens is 1. The van der Waals surface area contributed by atoms with E-state index in [1.807, 2.05) is 0 Å². The summed E-state index contributed by atoms with van der Waals surface area (Å²) >= 11 is 0. The minimum absolute atomic E-state index is 0.139. The highest BCUT2D eigenvalue weighted by molar-refractivity contribution is 7.88. The molecule has 0 unspecified atom stereocenters. The Morgan fingerprint density at radius 1 is 1.60 bits per heavy atom. The first-order chi connectivity index (χ1) is 15.4. The van der Waals surface area contributed by atoms with Crippen LogP contribution < -0.4 is 4.72 Å². The average molecular weight is 310 g/mol. The number of hydrogen-bond donors (Lipinski definition) is 2. The maximum Gasteiger partial charge on any atom is 0.215 e. The molecule has 1 aromatic heterocycles. The molecule has 0 spiro atoms. The Balaban J connectivity index is 3.14. The van der Waals surface area contributed by atoms with E-state index in [0.29, 0.717) is 0 Å². The molecule has 0 aliphatic rings. The normalized spacial score (nSPS) is 26.3. The molecule has 0 radical (unpaired) electrons. The van der Waals surface area contributed by atoms with E-state index < -0.39 is 86.6 Å². The van der Waals surface area contributed by atoms with Crippen LogP contribution in [0.1, 0.15) is 28.9 Å². The highest BCUT2D eigenvalue weighted by atomic mass is 32.2. The number of benzene rings is 1. The number of rotatable bonds is 6. The van der Waals surface area contributed by atoms with E-state index in [1.54, 1.807) is 0 Å². The van der Waals surface area contributed by atoms with Gasteiger partial charge in [0.15, 0.2) is 1.41 Å². The Labute approximate surface area is 141 Å². The first-order valence-corrected chi connectivity index (χ1v) is 6.70. The lowest BCUT2D eigenvalue weighted by atomic mass is 10.1. The van der Waals surface area contributed by atoms with Crippen molar-refractivity contribution >= 4 is 20.9 Å². The minimum atomic E-state index is -5.80. The van der Waals surface area contributed by atoms with Crippen LogP contribution in [0.15, 0.2) is 24.3 Å². The van der Waals surface area contributed by atoms with Crippen LogP contribution in [-0.2, 0) is 22.1 Å². The molecule has 2 rings (SSSR count). The second-order valence-electron chi connectivity index (χ2n) is 3.87. The van der Waals surface area contributed by atoms with E-state index in [1.165, 1.54) is 0 Å². The second-order valence-corrected chi connectivity index (χ2v) is 5.21. The maximum absolute atomic E-state index is 12.7. The fraction of sp³-hybridized carbons (Fsp3) is 0.429. The number of H-pyrrole nitrogens is 1. The van der Waals surface area contributed by atoms with Crippen LogP contribution in [0.5, 0.6) is 0 Å². The first-order valence-electron chi connectivity index (χ1n) is 12.7. The zero-order valence-corrected chi connectivity index (χ0v) is 11.4. The molecule has 1 heterocycles. The fourth-order valence-electron chi connectivity index (χ4n) is 1.29. The molecule has 0 aliphatic heterocycles. The lowest BCUT2D eigenvalue weighted by molar-refractivity contribution is 0.414. The van der Waals surface area contributed by atoms with Crippen LogP contribution in [-0.4, -0.2) is 45.9 Å². The highest BCUT2D eigenvalue weighted by Crippen LogP contribution is 2.21. The largest absolute Gasteiger partial charge is 0.361 e. The number of nitrogens with one attached hydrogen (secondary N) is 2. The Hall–Kier alpha value is -1.37. The Morgan fingerprint density at radius 3 is 3.10 bits per heavy atom. The molecule has 0 fully saturated rings. The van der Waals surface area contributed by atoms with Crippen molar-refractivity contribution in [2.75, 3.05) is 27.6 Å². The number of likely N-dealkylation sites (N-methyl/N-ethyl adjacent to an activating group) is 1. The molecule has 2 aromatic rings. The standard InChI is InChI=1S/C14H21N3O2S/c1-15-20(18,19)10-11-4-5-14-13(8-11)12(9-16-14)6-7-17(2)3/h4-5,8-9,15-16H,6-7,10H2,1-3H3/i1D3,4D,5D,6D2,7D2,8D,9D,10D2/hD2. The topological polar surface area (TPSA) is 65.2 Å². The molecule has 0 amide bonds. The Morgan fingerprint density at radius 2 is 2.40 bits per heavy atom. The summed E-state index contributed by atoms with van der Waals surface area (Å²) in [6, 6.07) is -3.64. The van der Waals surface area contributed by atoms with Crippen molar-refractivity contribution in [2.45, 2.75) is 12.1 Å². The Bertz CT molecular complexity index is 1280. The number of aromatic amines is 1. The van der Waals surface area contributed by atoms with Gasteiger partial charge in [-0.2, -0.15) is 0 Å². The Kier molecular flexibility index (Phi) is 1.44. The summed E-state index contributed by atoms with van der Waals surface area (Å²) in [6.07, 6.45) is -4.23. The van der Waals surface area contributed by atoms with E-state index in [-0.39, 0.29) is 4.98 Å². The predicted octanol–water partition coefficient (Wildman–Crippen LogP) is 1.32. The number of aryl methyl sites for hydroxylation is 1. The van der Waals surface area contributed by atoms with Crippen LogP contribution in [0, 0.1) is 0 Å². The van der Waals surface area contributed by atoms with Crippen molar-refractivity contribution in [3.8, 4) is 0 Å². The molecule has 0 saturated heterocycles. The zero-order chi connectivity index (χ0) is 27.9. The third-order valence-electron chi connectivity index (χ3n) is 2.08. The molecule has 1 aromatic carbocycles. The monoisotopic (exact) mass is 310 g/mol. The quantitative estimate of drug-likeness (QED) is 0.846. The summed E-state index contributed by atoms with van der Waals surface area (Å²) in [6.45, 7) is -6.57. The van der Waals surface area contributed by atoms with Gasteiger partial charge in [0, 0.05) is 35.9 Å². The molecule has 0 aliphatic carbocycles. The fourth-order valence-corrected chi connectivity index (χ4v) is 1.70. The van der Waals surface area contributed by atoms with Gasteiger partial charge < -0.3 is 9.88 Å². The molecule has 2 N–H and O–H groups in total. The van der Waals surface area contributed by atoms with Crippen LogP contribution in [0.25, 0.3) is 10.9 Å². The summed E-state index contributed by atoms with van der Waals surface area (Å²) in [7, 11) is -3.48. The van der Waals surface area contributed by atoms with Crippen molar-refractivity contribution in [1.82, 2.24) is 14.6 Å². The smallest absolute Gasteiger partial charge is 0.215 e. The molecule has 0 atom stereocenters. The first kappa shape index (κ1) is 4.83. The van der Waals surface area contributed by atoms with Gasteiger partial charge in [-0.15, -0.1) is 0 Å². The summed E-state index contributed by atoms with van der Waals surface area (Å²) in [4.78, 5) is 0.933. The van der Waals surface area contributed by atoms with E-state index in [4.69, 9.17) is 20.6 Å². The molecular formula is C14H21N3O2S. The van der Waals surface area contributed by atoms with Gasteiger partial charge in [-0.1, -0.05) is 6.04 Å². The van der Waals surface area contributed by atoms with Gasteiger partial charge in [-0.05, 0) is 50.7 Å². The zero-order valence-electron chi connectivity index (χ0n) is 25.6. The minimum Gasteiger partial charge on any atom is -0.361 e. The molecule has 6 heteroatoms. The van der Waals surface area contributed by atoms with Crippen LogP contribution >= 0.6 is 0 Å². The lowest BCUT2D eigenvalue weighted by Gasteiger charge is -2.08. The molecule has 5 nitrogen and oxygen atoms in total. The molecule has 0 saturated carbocycles. The van der Waals surface area contributed by atoms with E-state index in [0.717, 1.165) is 19.0 Å². The van der Waals surface area contributed by atoms with Gasteiger partial charge in [-0.3, -0.25) is 0 Å². The third kappa shape index (κ3) is 3.59. The van der Waals surface area contributed by atoms with E-state index in [9.17, 15) is 8.42 Å². The average Bonchev–Trinajstić information content (AvgIpc) is 2.96. The van der Waals surface area contributed by atoms with Crippen LogP contribution in [0.2, 0.25) is 2.82 Å². The van der Waals surface area contributed by atoms with Gasteiger partial charge in [0.05, 0.1) is 11.2 Å². The van der Waals surface area contributed by atoms with Crippen molar-refractivity contribution in [3.63, 3.8) is 0 Å².